The van der Waals surface area contributed by atoms with Crippen LogP contribution in [0.3, 0.4) is 0 Å². The maximum absolute atomic E-state index is 10.2. The quantitative estimate of drug-likeness (QED) is 0.667. The van der Waals surface area contributed by atoms with Crippen molar-refractivity contribution in [1.82, 2.24) is 0 Å². The first-order valence-electron chi connectivity index (χ1n) is 6.64. The van der Waals surface area contributed by atoms with E-state index in [4.69, 9.17) is 0 Å². The molecule has 1 heteroatoms. The lowest BCUT2D eigenvalue weighted by Crippen LogP contribution is -1.84. The third-order valence-corrected chi connectivity index (χ3v) is 3.57. The van der Waals surface area contributed by atoms with Crippen molar-refractivity contribution in [1.29, 1.82) is 0 Å². The van der Waals surface area contributed by atoms with Crippen LogP contribution in [0.15, 0.2) is 67.2 Å². The van der Waals surface area contributed by atoms with E-state index in [1.807, 2.05) is 55.5 Å². The molecule has 0 aliphatic carbocycles. The highest BCUT2D eigenvalue weighted by Crippen LogP contribution is 2.36. The molecule has 3 rings (SSSR count). The summed E-state index contributed by atoms with van der Waals surface area (Å²) >= 11 is 0. The summed E-state index contributed by atoms with van der Waals surface area (Å²) in [4.78, 5) is 0. The van der Waals surface area contributed by atoms with E-state index in [1.165, 1.54) is 0 Å². The number of allylic oxidation sites excluding steroid dienone is 1. The van der Waals surface area contributed by atoms with Crippen LogP contribution >= 0.6 is 0 Å². The van der Waals surface area contributed by atoms with Gasteiger partial charge in [-0.15, -0.1) is 0 Å². The van der Waals surface area contributed by atoms with Crippen LogP contribution in [0.25, 0.3) is 27.5 Å². The molecule has 0 fully saturated rings. The topological polar surface area (TPSA) is 20.2 Å². The summed E-state index contributed by atoms with van der Waals surface area (Å²) in [6.07, 6.45) is 0. The Bertz CT molecular complexity index is 782. The monoisotopic (exact) mass is 260 g/mol. The van der Waals surface area contributed by atoms with Gasteiger partial charge in [0.25, 0.3) is 0 Å². The molecule has 0 spiro atoms. The predicted octanol–water partition coefficient (Wildman–Crippen LogP) is 5.25. The average molecular weight is 260 g/mol. The lowest BCUT2D eigenvalue weighted by Gasteiger charge is -2.10. The van der Waals surface area contributed by atoms with Crippen LogP contribution < -0.4 is 0 Å². The van der Waals surface area contributed by atoms with Gasteiger partial charge in [-0.3, -0.25) is 0 Å². The summed E-state index contributed by atoms with van der Waals surface area (Å²) < 4.78 is 0. The fraction of sp³-hybridized carbons (Fsp3) is 0.0526. The normalized spacial score (nSPS) is 10.7. The van der Waals surface area contributed by atoms with Crippen molar-refractivity contribution in [3.05, 3.63) is 72.8 Å². The summed E-state index contributed by atoms with van der Waals surface area (Å²) in [5, 5.41) is 12.4. The highest BCUT2D eigenvalue weighted by molar-refractivity contribution is 5.99. The molecule has 0 bridgehead atoms. The Morgan fingerprint density at radius 1 is 0.900 bits per heavy atom. The molecule has 98 valence electrons. The third kappa shape index (κ3) is 2.08. The summed E-state index contributed by atoms with van der Waals surface area (Å²) in [5.41, 5.74) is 4.06. The Hall–Kier alpha value is -2.54. The minimum Gasteiger partial charge on any atom is -0.507 e. The lowest BCUT2D eigenvalue weighted by atomic mass is 9.96. The Kier molecular flexibility index (Phi) is 3.03. The number of hydrogen-bond acceptors (Lipinski definition) is 1. The molecular formula is C19H16O. The second kappa shape index (κ2) is 4.86. The van der Waals surface area contributed by atoms with E-state index in [0.717, 1.165) is 33.0 Å². The largest absolute Gasteiger partial charge is 0.507 e. The van der Waals surface area contributed by atoms with Gasteiger partial charge in [0.05, 0.1) is 0 Å². The van der Waals surface area contributed by atoms with Crippen LogP contribution in [0, 0.1) is 0 Å². The van der Waals surface area contributed by atoms with E-state index in [-0.39, 0.29) is 0 Å². The highest BCUT2D eigenvalue weighted by atomic mass is 16.3. The molecule has 0 aliphatic rings. The van der Waals surface area contributed by atoms with Crippen LogP contribution in [0.1, 0.15) is 12.5 Å². The highest BCUT2D eigenvalue weighted by Gasteiger charge is 2.09. The number of hydrogen-bond donors (Lipinski definition) is 1. The van der Waals surface area contributed by atoms with Crippen LogP contribution in [-0.2, 0) is 0 Å². The van der Waals surface area contributed by atoms with Gasteiger partial charge in [-0.2, -0.15) is 0 Å². The number of rotatable bonds is 2. The van der Waals surface area contributed by atoms with Crippen molar-refractivity contribution < 1.29 is 5.11 Å². The molecule has 20 heavy (non-hydrogen) atoms. The molecular weight excluding hydrogens is 244 g/mol. The molecule has 1 N–H and O–H groups in total. The summed E-state index contributed by atoms with van der Waals surface area (Å²) in [6, 6.07) is 19.9. The van der Waals surface area contributed by atoms with Crippen LogP contribution in [0.5, 0.6) is 5.75 Å². The summed E-state index contributed by atoms with van der Waals surface area (Å²) in [5.74, 6) is 0.312. The van der Waals surface area contributed by atoms with Gasteiger partial charge in [0, 0.05) is 5.56 Å². The zero-order valence-corrected chi connectivity index (χ0v) is 11.4. The van der Waals surface area contributed by atoms with Gasteiger partial charge in [-0.05, 0) is 34.9 Å². The van der Waals surface area contributed by atoms with Gasteiger partial charge < -0.3 is 5.11 Å². The molecule has 0 aromatic heterocycles. The fourth-order valence-electron chi connectivity index (χ4n) is 2.48. The molecule has 0 heterocycles. The van der Waals surface area contributed by atoms with Crippen LogP contribution in [0.4, 0.5) is 0 Å². The first-order valence-corrected chi connectivity index (χ1v) is 6.64. The number of phenolic OH excluding ortho intramolecular Hbond substituents is 1. The van der Waals surface area contributed by atoms with Crippen LogP contribution in [0.2, 0.25) is 0 Å². The second-order valence-electron chi connectivity index (χ2n) is 5.04. The number of aromatic hydroxyl groups is 1. The molecule has 0 amide bonds. The van der Waals surface area contributed by atoms with Gasteiger partial charge in [-0.25, -0.2) is 0 Å². The zero-order valence-electron chi connectivity index (χ0n) is 11.4. The van der Waals surface area contributed by atoms with Crippen molar-refractivity contribution >= 4 is 16.3 Å². The molecule has 0 aliphatic heterocycles. The Balaban J connectivity index is 2.23. The Morgan fingerprint density at radius 3 is 2.30 bits per heavy atom. The zero-order chi connectivity index (χ0) is 14.1. The van der Waals surface area contributed by atoms with Gasteiger partial charge in [0.1, 0.15) is 5.75 Å². The minimum atomic E-state index is 0.312. The van der Waals surface area contributed by atoms with E-state index < -0.39 is 0 Å². The smallest absolute Gasteiger partial charge is 0.124 e. The van der Waals surface area contributed by atoms with Crippen molar-refractivity contribution in [3.8, 4) is 16.9 Å². The second-order valence-corrected chi connectivity index (χ2v) is 5.04. The maximum atomic E-state index is 10.2. The van der Waals surface area contributed by atoms with E-state index in [9.17, 15) is 5.11 Å². The van der Waals surface area contributed by atoms with E-state index >= 15 is 0 Å². The first-order chi connectivity index (χ1) is 9.66. The molecule has 0 radical (unpaired) electrons. The number of fused-ring (bicyclic) bond motifs is 1. The van der Waals surface area contributed by atoms with E-state index in [1.54, 1.807) is 6.07 Å². The van der Waals surface area contributed by atoms with Gasteiger partial charge in [-0.1, -0.05) is 66.7 Å². The standard InChI is InChI=1S/C19H16O/c1-13(2)14-7-9-16(10-8-14)19-17-6-4-3-5-15(17)11-12-18(19)20/h3-12,20H,1H2,2H3. The summed E-state index contributed by atoms with van der Waals surface area (Å²) in [6.45, 7) is 5.94. The maximum Gasteiger partial charge on any atom is 0.124 e. The van der Waals surface area contributed by atoms with E-state index in [2.05, 4.69) is 12.6 Å². The molecule has 0 atom stereocenters. The Labute approximate surface area is 118 Å². The third-order valence-electron chi connectivity index (χ3n) is 3.57. The van der Waals surface area contributed by atoms with Crippen molar-refractivity contribution in [3.63, 3.8) is 0 Å². The Morgan fingerprint density at radius 2 is 1.60 bits per heavy atom. The molecule has 1 nitrogen and oxygen atoms in total. The number of benzene rings is 3. The molecule has 3 aromatic carbocycles. The van der Waals surface area contributed by atoms with Gasteiger partial charge >= 0.3 is 0 Å². The summed E-state index contributed by atoms with van der Waals surface area (Å²) in [7, 11) is 0. The van der Waals surface area contributed by atoms with Crippen molar-refractivity contribution in [2.45, 2.75) is 6.92 Å². The molecule has 0 saturated carbocycles. The minimum absolute atomic E-state index is 0.312. The molecule has 3 aromatic rings. The van der Waals surface area contributed by atoms with Gasteiger partial charge in [0.15, 0.2) is 0 Å². The SMILES string of the molecule is C=C(C)c1ccc(-c2c(O)ccc3ccccc23)cc1. The molecule has 0 unspecified atom stereocenters. The average Bonchev–Trinajstić information content (AvgIpc) is 2.47. The molecule has 0 saturated heterocycles. The fourth-order valence-corrected chi connectivity index (χ4v) is 2.48. The number of phenols is 1. The van der Waals surface area contributed by atoms with Crippen LogP contribution in [-0.4, -0.2) is 5.11 Å². The van der Waals surface area contributed by atoms with Crippen molar-refractivity contribution in [2.24, 2.45) is 0 Å². The lowest BCUT2D eigenvalue weighted by molar-refractivity contribution is 0.478. The van der Waals surface area contributed by atoms with Gasteiger partial charge in [0.2, 0.25) is 0 Å². The van der Waals surface area contributed by atoms with E-state index in [0.29, 0.717) is 5.75 Å². The predicted molar refractivity (Wildman–Crippen MR) is 85.8 cm³/mol. The van der Waals surface area contributed by atoms with Crippen molar-refractivity contribution in [2.75, 3.05) is 0 Å². The first kappa shape index (κ1) is 12.5.